The number of benzene rings is 2. The van der Waals surface area contributed by atoms with Crippen LogP contribution in [-0.4, -0.2) is 24.5 Å². The van der Waals surface area contributed by atoms with Crippen LogP contribution in [0.15, 0.2) is 46.9 Å². The van der Waals surface area contributed by atoms with E-state index in [4.69, 9.17) is 9.47 Å². The summed E-state index contributed by atoms with van der Waals surface area (Å²) in [5.74, 6) is 0.253. The van der Waals surface area contributed by atoms with Gasteiger partial charge in [-0.15, -0.1) is 0 Å². The molecule has 0 saturated carbocycles. The zero-order valence-electron chi connectivity index (χ0n) is 14.8. The number of halogens is 1. The quantitative estimate of drug-likeness (QED) is 0.703. The number of ether oxygens (including phenoxy) is 2. The lowest BCUT2D eigenvalue weighted by atomic mass is 10.1. The van der Waals surface area contributed by atoms with E-state index < -0.39 is 17.9 Å². The number of carbonyl (C=O) groups is 2. The van der Waals surface area contributed by atoms with Gasteiger partial charge < -0.3 is 9.47 Å². The van der Waals surface area contributed by atoms with Crippen molar-refractivity contribution in [2.75, 3.05) is 6.61 Å². The highest BCUT2D eigenvalue weighted by Gasteiger charge is 2.15. The molecular formula is C19H21BrN2O4. The Bertz CT molecular complexity index is 795. The van der Waals surface area contributed by atoms with Crippen molar-refractivity contribution in [1.29, 1.82) is 0 Å². The standard InChI is InChI=1S/C19H21BrN2O4/c1-12-7-8-13(2)17(9-12)25-11-18(23)21-22-19(24)14(3)26-16-6-4-5-15(20)10-16/h4-10,14H,11H2,1-3H3,(H,21,23)(H,22,24). The average Bonchev–Trinajstić information content (AvgIpc) is 2.60. The molecule has 0 aliphatic carbocycles. The maximum atomic E-state index is 12.0. The molecule has 0 spiro atoms. The maximum Gasteiger partial charge on any atom is 0.279 e. The minimum Gasteiger partial charge on any atom is -0.483 e. The second-order valence-electron chi connectivity index (χ2n) is 5.81. The summed E-state index contributed by atoms with van der Waals surface area (Å²) >= 11 is 3.33. The predicted octanol–water partition coefficient (Wildman–Crippen LogP) is 3.06. The Morgan fingerprint density at radius 2 is 1.88 bits per heavy atom. The van der Waals surface area contributed by atoms with Crippen molar-refractivity contribution in [3.63, 3.8) is 0 Å². The summed E-state index contributed by atoms with van der Waals surface area (Å²) in [6, 6.07) is 12.9. The third kappa shape index (κ3) is 6.07. The molecular weight excluding hydrogens is 400 g/mol. The number of carbonyl (C=O) groups excluding carboxylic acids is 2. The fourth-order valence-corrected chi connectivity index (χ4v) is 2.45. The van der Waals surface area contributed by atoms with Gasteiger partial charge in [0.05, 0.1) is 0 Å². The van der Waals surface area contributed by atoms with Gasteiger partial charge in [0.2, 0.25) is 0 Å². The largest absolute Gasteiger partial charge is 0.483 e. The Morgan fingerprint density at radius 1 is 1.12 bits per heavy atom. The van der Waals surface area contributed by atoms with Crippen molar-refractivity contribution in [1.82, 2.24) is 10.9 Å². The lowest BCUT2D eigenvalue weighted by Crippen LogP contribution is -2.48. The van der Waals surface area contributed by atoms with E-state index in [0.29, 0.717) is 11.5 Å². The number of hydrogen-bond acceptors (Lipinski definition) is 4. The van der Waals surface area contributed by atoms with Crippen molar-refractivity contribution >= 4 is 27.7 Å². The molecule has 2 N–H and O–H groups in total. The number of hydrogen-bond donors (Lipinski definition) is 2. The van der Waals surface area contributed by atoms with Gasteiger partial charge in [0.1, 0.15) is 11.5 Å². The van der Waals surface area contributed by atoms with E-state index in [1.54, 1.807) is 25.1 Å². The van der Waals surface area contributed by atoms with Gasteiger partial charge in [-0.3, -0.25) is 20.4 Å². The second-order valence-corrected chi connectivity index (χ2v) is 6.73. The van der Waals surface area contributed by atoms with Crippen LogP contribution in [0, 0.1) is 13.8 Å². The average molecular weight is 421 g/mol. The monoisotopic (exact) mass is 420 g/mol. The summed E-state index contributed by atoms with van der Waals surface area (Å²) in [5.41, 5.74) is 6.61. The van der Waals surface area contributed by atoms with E-state index in [1.165, 1.54) is 0 Å². The van der Waals surface area contributed by atoms with Gasteiger partial charge in [0.15, 0.2) is 12.7 Å². The van der Waals surface area contributed by atoms with E-state index in [9.17, 15) is 9.59 Å². The maximum absolute atomic E-state index is 12.0. The van der Waals surface area contributed by atoms with E-state index in [1.807, 2.05) is 38.1 Å². The van der Waals surface area contributed by atoms with Crippen LogP contribution in [0.25, 0.3) is 0 Å². The molecule has 6 nitrogen and oxygen atoms in total. The summed E-state index contributed by atoms with van der Waals surface area (Å²) in [5, 5.41) is 0. The molecule has 1 atom stereocenters. The first-order valence-electron chi connectivity index (χ1n) is 8.06. The van der Waals surface area contributed by atoms with Crippen molar-refractivity contribution < 1.29 is 19.1 Å². The Hall–Kier alpha value is -2.54. The van der Waals surface area contributed by atoms with Gasteiger partial charge in [-0.1, -0.05) is 34.1 Å². The SMILES string of the molecule is Cc1ccc(C)c(OCC(=O)NNC(=O)C(C)Oc2cccc(Br)c2)c1. The van der Waals surface area contributed by atoms with Gasteiger partial charge >= 0.3 is 0 Å². The van der Waals surface area contributed by atoms with Gasteiger partial charge in [-0.2, -0.15) is 0 Å². The summed E-state index contributed by atoms with van der Waals surface area (Å²) in [6.07, 6.45) is -0.774. The van der Waals surface area contributed by atoms with Gasteiger partial charge in [0, 0.05) is 4.47 Å². The summed E-state index contributed by atoms with van der Waals surface area (Å²) < 4.78 is 11.9. The number of aryl methyl sites for hydroxylation is 2. The minimum atomic E-state index is -0.774. The highest BCUT2D eigenvalue weighted by atomic mass is 79.9. The van der Waals surface area contributed by atoms with Gasteiger partial charge in [0.25, 0.3) is 11.8 Å². The number of hydrazine groups is 1. The summed E-state index contributed by atoms with van der Waals surface area (Å²) in [6.45, 7) is 5.23. The molecule has 7 heteroatoms. The summed E-state index contributed by atoms with van der Waals surface area (Å²) in [7, 11) is 0. The van der Waals surface area contributed by atoms with Crippen LogP contribution in [0.1, 0.15) is 18.1 Å². The zero-order valence-corrected chi connectivity index (χ0v) is 16.4. The molecule has 0 aliphatic rings. The molecule has 2 aromatic rings. The first-order chi connectivity index (χ1) is 12.3. The van der Waals surface area contributed by atoms with Crippen LogP contribution in [0.2, 0.25) is 0 Å². The predicted molar refractivity (Wildman–Crippen MR) is 102 cm³/mol. The molecule has 2 rings (SSSR count). The molecule has 2 amide bonds. The molecule has 0 bridgehead atoms. The van der Waals surface area contributed by atoms with Crippen LogP contribution in [0.3, 0.4) is 0 Å². The molecule has 0 aromatic heterocycles. The van der Waals surface area contributed by atoms with E-state index in [2.05, 4.69) is 26.8 Å². The van der Waals surface area contributed by atoms with Crippen LogP contribution < -0.4 is 20.3 Å². The van der Waals surface area contributed by atoms with E-state index in [-0.39, 0.29) is 6.61 Å². The highest BCUT2D eigenvalue weighted by molar-refractivity contribution is 9.10. The number of rotatable bonds is 6. The van der Waals surface area contributed by atoms with Crippen molar-refractivity contribution in [3.8, 4) is 11.5 Å². The smallest absolute Gasteiger partial charge is 0.279 e. The van der Waals surface area contributed by atoms with Crippen molar-refractivity contribution in [3.05, 3.63) is 58.1 Å². The Labute approximate surface area is 161 Å². The topological polar surface area (TPSA) is 76.7 Å². The van der Waals surface area contributed by atoms with E-state index >= 15 is 0 Å². The molecule has 0 heterocycles. The molecule has 0 aliphatic heterocycles. The third-order valence-electron chi connectivity index (χ3n) is 3.51. The lowest BCUT2D eigenvalue weighted by Gasteiger charge is -2.15. The van der Waals surface area contributed by atoms with Crippen LogP contribution in [-0.2, 0) is 9.59 Å². The Morgan fingerprint density at radius 3 is 2.62 bits per heavy atom. The van der Waals surface area contributed by atoms with Crippen LogP contribution in [0.5, 0.6) is 11.5 Å². The summed E-state index contributed by atoms with van der Waals surface area (Å²) in [4.78, 5) is 23.9. The van der Waals surface area contributed by atoms with Crippen molar-refractivity contribution in [2.24, 2.45) is 0 Å². The molecule has 1 unspecified atom stereocenters. The zero-order chi connectivity index (χ0) is 19.1. The molecule has 0 saturated heterocycles. The first-order valence-corrected chi connectivity index (χ1v) is 8.85. The fraction of sp³-hybridized carbons (Fsp3) is 0.263. The number of nitrogens with one attached hydrogen (secondary N) is 2. The third-order valence-corrected chi connectivity index (χ3v) is 4.00. The van der Waals surface area contributed by atoms with Gasteiger partial charge in [-0.25, -0.2) is 0 Å². The lowest BCUT2D eigenvalue weighted by molar-refractivity contribution is -0.133. The van der Waals surface area contributed by atoms with Crippen molar-refractivity contribution in [2.45, 2.75) is 26.9 Å². The normalized spacial score (nSPS) is 11.4. The molecule has 2 aromatic carbocycles. The minimum absolute atomic E-state index is 0.203. The number of amides is 2. The van der Waals surface area contributed by atoms with Crippen LogP contribution in [0.4, 0.5) is 0 Å². The molecule has 138 valence electrons. The Balaban J connectivity index is 1.77. The second kappa shape index (κ2) is 9.24. The van der Waals surface area contributed by atoms with Gasteiger partial charge in [-0.05, 0) is 56.2 Å². The Kier molecular flexibility index (Phi) is 7.03. The molecule has 26 heavy (non-hydrogen) atoms. The first kappa shape index (κ1) is 19.8. The van der Waals surface area contributed by atoms with E-state index in [0.717, 1.165) is 15.6 Å². The molecule has 0 fully saturated rings. The van der Waals surface area contributed by atoms with Crippen LogP contribution >= 0.6 is 15.9 Å². The highest BCUT2D eigenvalue weighted by Crippen LogP contribution is 2.19. The molecule has 0 radical (unpaired) electrons. The fourth-order valence-electron chi connectivity index (χ4n) is 2.07.